The molecule has 1 fully saturated rings. The third-order valence-electron chi connectivity index (χ3n) is 3.57. The van der Waals surface area contributed by atoms with Gasteiger partial charge in [0.1, 0.15) is 17.2 Å². The number of rotatable bonds is 6. The molecule has 0 radical (unpaired) electrons. The molecule has 0 saturated heterocycles. The van der Waals surface area contributed by atoms with Crippen molar-refractivity contribution in [1.29, 1.82) is 0 Å². The Morgan fingerprint density at radius 2 is 2.21 bits per heavy atom. The van der Waals surface area contributed by atoms with Crippen LogP contribution in [0.4, 0.5) is 0 Å². The first-order valence-electron chi connectivity index (χ1n) is 6.62. The van der Waals surface area contributed by atoms with Crippen LogP contribution in [0.1, 0.15) is 37.1 Å². The van der Waals surface area contributed by atoms with Gasteiger partial charge in [0.2, 0.25) is 10.0 Å². The van der Waals surface area contributed by atoms with E-state index in [1.54, 1.807) is 13.0 Å². The second-order valence-corrected chi connectivity index (χ2v) is 6.95. The summed E-state index contributed by atoms with van der Waals surface area (Å²) in [7, 11) is -3.42. The quantitative estimate of drug-likeness (QED) is 0.810. The fraction of sp³-hybridized carbons (Fsp3) is 0.750. The van der Waals surface area contributed by atoms with Gasteiger partial charge in [-0.15, -0.1) is 0 Å². The minimum Gasteiger partial charge on any atom is -0.361 e. The van der Waals surface area contributed by atoms with E-state index in [1.807, 2.05) is 0 Å². The predicted octanol–water partition coefficient (Wildman–Crippen LogP) is 0.920. The van der Waals surface area contributed by atoms with Crippen molar-refractivity contribution in [3.05, 3.63) is 17.5 Å². The molecule has 19 heavy (non-hydrogen) atoms. The van der Waals surface area contributed by atoms with Crippen molar-refractivity contribution in [3.8, 4) is 0 Å². The topological polar surface area (TPSA) is 98.2 Å². The Labute approximate surface area is 113 Å². The van der Waals surface area contributed by atoms with E-state index in [2.05, 4.69) is 9.88 Å². The lowest BCUT2D eigenvalue weighted by molar-refractivity contribution is 0.390. The number of nitrogens with one attached hydrogen (secondary N) is 1. The molecular formula is C12H21N3O3S. The van der Waals surface area contributed by atoms with Crippen molar-refractivity contribution in [3.63, 3.8) is 0 Å². The number of sulfonamides is 1. The second kappa shape index (κ2) is 6.02. The maximum atomic E-state index is 12.1. The predicted molar refractivity (Wildman–Crippen MR) is 71.8 cm³/mol. The van der Waals surface area contributed by atoms with Gasteiger partial charge in [-0.25, -0.2) is 13.1 Å². The zero-order valence-corrected chi connectivity index (χ0v) is 11.9. The molecule has 0 aliphatic heterocycles. The van der Waals surface area contributed by atoms with Crippen LogP contribution in [0.3, 0.4) is 0 Å². The summed E-state index contributed by atoms with van der Waals surface area (Å²) < 4.78 is 31.8. The Bertz CT molecular complexity index is 506. The van der Waals surface area contributed by atoms with E-state index < -0.39 is 10.0 Å². The van der Waals surface area contributed by atoms with Crippen LogP contribution in [0.5, 0.6) is 0 Å². The lowest BCUT2D eigenvalue weighted by atomic mass is 9.99. The van der Waals surface area contributed by atoms with E-state index in [0.717, 1.165) is 25.7 Å². The molecule has 1 aliphatic rings. The van der Waals surface area contributed by atoms with Crippen LogP contribution in [-0.2, 0) is 15.8 Å². The molecule has 6 nitrogen and oxygen atoms in total. The van der Waals surface area contributed by atoms with Gasteiger partial charge in [0.05, 0.1) is 0 Å². The maximum absolute atomic E-state index is 12.1. The van der Waals surface area contributed by atoms with Crippen molar-refractivity contribution < 1.29 is 12.9 Å². The van der Waals surface area contributed by atoms with Gasteiger partial charge in [-0.05, 0) is 25.7 Å². The van der Waals surface area contributed by atoms with Crippen LogP contribution in [-0.4, -0.2) is 26.2 Å². The van der Waals surface area contributed by atoms with E-state index >= 15 is 0 Å². The number of nitrogens with two attached hydrogens (primary N) is 1. The number of nitrogens with zero attached hydrogens (tertiary/aromatic N) is 1. The van der Waals surface area contributed by atoms with E-state index in [4.69, 9.17) is 10.3 Å². The molecule has 0 aromatic carbocycles. The zero-order valence-electron chi connectivity index (χ0n) is 11.1. The van der Waals surface area contributed by atoms with Crippen LogP contribution in [0.25, 0.3) is 0 Å². The highest BCUT2D eigenvalue weighted by Gasteiger charge is 2.28. The molecule has 1 unspecified atom stereocenters. The summed E-state index contributed by atoms with van der Waals surface area (Å²) >= 11 is 0. The van der Waals surface area contributed by atoms with Crippen molar-refractivity contribution in [2.75, 3.05) is 6.54 Å². The molecule has 1 atom stereocenters. The normalized spacial score (nSPS) is 18.8. The van der Waals surface area contributed by atoms with Crippen molar-refractivity contribution in [2.24, 2.45) is 11.7 Å². The van der Waals surface area contributed by atoms with E-state index in [0.29, 0.717) is 23.9 Å². The van der Waals surface area contributed by atoms with Crippen LogP contribution in [0.15, 0.2) is 10.6 Å². The van der Waals surface area contributed by atoms with Crippen molar-refractivity contribution in [1.82, 2.24) is 9.88 Å². The molecule has 7 heteroatoms. The summed E-state index contributed by atoms with van der Waals surface area (Å²) in [6.45, 7) is 2.07. The fourth-order valence-electron chi connectivity index (χ4n) is 2.65. The van der Waals surface area contributed by atoms with E-state index in [9.17, 15) is 8.42 Å². The van der Waals surface area contributed by atoms with Gasteiger partial charge in [0, 0.05) is 18.7 Å². The minimum absolute atomic E-state index is 0.159. The lowest BCUT2D eigenvalue weighted by Gasteiger charge is -2.22. The van der Waals surface area contributed by atoms with Crippen LogP contribution < -0.4 is 10.5 Å². The number of aromatic nitrogens is 1. The van der Waals surface area contributed by atoms with Crippen molar-refractivity contribution >= 4 is 10.0 Å². The largest absolute Gasteiger partial charge is 0.361 e. The Balaban J connectivity index is 1.98. The van der Waals surface area contributed by atoms with Crippen LogP contribution >= 0.6 is 0 Å². The molecule has 0 spiro atoms. The molecule has 0 amide bonds. The second-order valence-electron chi connectivity index (χ2n) is 5.19. The van der Waals surface area contributed by atoms with Gasteiger partial charge in [-0.2, -0.15) is 0 Å². The standard InChI is InChI=1S/C12H21N3O3S/c1-9-6-11(14-18-9)8-19(16,17)15-12(7-13)10-4-2-3-5-10/h6,10,12,15H,2-5,7-8,13H2,1H3. The Morgan fingerprint density at radius 1 is 1.53 bits per heavy atom. The van der Waals surface area contributed by atoms with Gasteiger partial charge < -0.3 is 10.3 Å². The molecule has 3 N–H and O–H groups in total. The van der Waals surface area contributed by atoms with Gasteiger partial charge in [-0.3, -0.25) is 0 Å². The fourth-order valence-corrected chi connectivity index (χ4v) is 4.01. The van der Waals surface area contributed by atoms with E-state index in [1.165, 1.54) is 0 Å². The Kier molecular flexibility index (Phi) is 4.59. The van der Waals surface area contributed by atoms with Crippen LogP contribution in [0, 0.1) is 12.8 Å². The van der Waals surface area contributed by atoms with Gasteiger partial charge >= 0.3 is 0 Å². The number of hydrogen-bond acceptors (Lipinski definition) is 5. The molecule has 1 saturated carbocycles. The summed E-state index contributed by atoms with van der Waals surface area (Å²) in [6.07, 6.45) is 4.41. The highest BCUT2D eigenvalue weighted by Crippen LogP contribution is 2.27. The highest BCUT2D eigenvalue weighted by atomic mass is 32.2. The molecule has 0 bridgehead atoms. The summed E-state index contributed by atoms with van der Waals surface area (Å²) in [5.74, 6) is 0.809. The monoisotopic (exact) mass is 287 g/mol. The van der Waals surface area contributed by atoms with Crippen LogP contribution in [0.2, 0.25) is 0 Å². The molecule has 1 aromatic heterocycles. The lowest BCUT2D eigenvalue weighted by Crippen LogP contribution is -2.44. The first kappa shape index (κ1) is 14.5. The van der Waals surface area contributed by atoms with Gasteiger partial charge in [0.15, 0.2) is 0 Å². The molecular weight excluding hydrogens is 266 g/mol. The number of aryl methyl sites for hydroxylation is 1. The van der Waals surface area contributed by atoms with Crippen molar-refractivity contribution in [2.45, 2.75) is 44.4 Å². The first-order valence-corrected chi connectivity index (χ1v) is 8.27. The average Bonchev–Trinajstić information content (AvgIpc) is 2.97. The summed E-state index contributed by atoms with van der Waals surface area (Å²) in [4.78, 5) is 0. The smallest absolute Gasteiger partial charge is 0.217 e. The molecule has 1 heterocycles. The van der Waals surface area contributed by atoms with E-state index in [-0.39, 0.29) is 11.8 Å². The molecule has 2 rings (SSSR count). The number of hydrogen-bond donors (Lipinski definition) is 2. The zero-order chi connectivity index (χ0) is 13.9. The molecule has 1 aromatic rings. The Hall–Kier alpha value is -0.920. The average molecular weight is 287 g/mol. The minimum atomic E-state index is -3.42. The molecule has 1 aliphatic carbocycles. The summed E-state index contributed by atoms with van der Waals surface area (Å²) in [6, 6.07) is 1.46. The van der Waals surface area contributed by atoms with Gasteiger partial charge in [0.25, 0.3) is 0 Å². The third-order valence-corrected chi connectivity index (χ3v) is 4.91. The SMILES string of the molecule is Cc1cc(CS(=O)(=O)NC(CN)C2CCCC2)no1. The summed E-state index contributed by atoms with van der Waals surface area (Å²) in [5, 5.41) is 3.71. The highest BCUT2D eigenvalue weighted by molar-refractivity contribution is 7.88. The molecule has 108 valence electrons. The maximum Gasteiger partial charge on any atom is 0.217 e. The Morgan fingerprint density at radius 3 is 2.74 bits per heavy atom. The first-order chi connectivity index (χ1) is 9.00. The van der Waals surface area contributed by atoms with Gasteiger partial charge in [-0.1, -0.05) is 18.0 Å². The summed E-state index contributed by atoms with van der Waals surface area (Å²) in [5.41, 5.74) is 6.12. The third kappa shape index (κ3) is 4.02.